The molecule has 98 valence electrons. The lowest BCUT2D eigenvalue weighted by Crippen LogP contribution is -2.52. The van der Waals surface area contributed by atoms with E-state index in [1.807, 2.05) is 0 Å². The van der Waals surface area contributed by atoms with Crippen molar-refractivity contribution >= 4 is 0 Å². The first-order chi connectivity index (χ1) is 7.56. The average molecular weight is 228 g/mol. The molecule has 0 saturated carbocycles. The van der Waals surface area contributed by atoms with Crippen LogP contribution in [0.15, 0.2) is 0 Å². The highest BCUT2D eigenvalue weighted by atomic mass is 15.2. The van der Waals surface area contributed by atoms with Crippen LogP contribution in [0.1, 0.15) is 59.8 Å². The molecule has 2 N–H and O–H groups in total. The van der Waals surface area contributed by atoms with E-state index >= 15 is 0 Å². The Labute approximate surface area is 103 Å². The van der Waals surface area contributed by atoms with Crippen LogP contribution in [-0.2, 0) is 0 Å². The van der Waals surface area contributed by atoms with E-state index in [1.54, 1.807) is 0 Å². The molecular formula is C14H32N2. The van der Waals surface area contributed by atoms with Crippen LogP contribution in [0.3, 0.4) is 0 Å². The van der Waals surface area contributed by atoms with Gasteiger partial charge in [-0.25, -0.2) is 0 Å². The third-order valence-electron chi connectivity index (χ3n) is 4.12. The van der Waals surface area contributed by atoms with E-state index in [0.29, 0.717) is 0 Å². The molecule has 2 unspecified atom stereocenters. The van der Waals surface area contributed by atoms with Crippen molar-refractivity contribution in [1.29, 1.82) is 0 Å². The van der Waals surface area contributed by atoms with Gasteiger partial charge in [0.1, 0.15) is 0 Å². The molecule has 0 aromatic rings. The maximum atomic E-state index is 6.05. The highest BCUT2D eigenvalue weighted by molar-refractivity contribution is 4.90. The van der Waals surface area contributed by atoms with E-state index in [2.05, 4.69) is 39.6 Å². The molecule has 2 atom stereocenters. The molecule has 0 aliphatic carbocycles. The molecule has 0 heterocycles. The van der Waals surface area contributed by atoms with Gasteiger partial charge in [-0.15, -0.1) is 0 Å². The van der Waals surface area contributed by atoms with Gasteiger partial charge in [-0.1, -0.05) is 40.5 Å². The van der Waals surface area contributed by atoms with E-state index in [1.165, 1.54) is 32.2 Å². The van der Waals surface area contributed by atoms with Gasteiger partial charge >= 0.3 is 0 Å². The van der Waals surface area contributed by atoms with Gasteiger partial charge in [-0.05, 0) is 38.8 Å². The molecule has 0 saturated heterocycles. The van der Waals surface area contributed by atoms with E-state index < -0.39 is 0 Å². The smallest absolute Gasteiger partial charge is 0.0328 e. The van der Waals surface area contributed by atoms with Gasteiger partial charge in [-0.3, -0.25) is 4.90 Å². The minimum Gasteiger partial charge on any atom is -0.329 e. The molecule has 0 aliphatic rings. The Morgan fingerprint density at radius 3 is 2.25 bits per heavy atom. The zero-order chi connectivity index (χ0) is 12.6. The monoisotopic (exact) mass is 228 g/mol. The van der Waals surface area contributed by atoms with Gasteiger partial charge in [0, 0.05) is 12.1 Å². The Morgan fingerprint density at radius 1 is 1.25 bits per heavy atom. The lowest BCUT2D eigenvalue weighted by molar-refractivity contribution is 0.0912. The average Bonchev–Trinajstić information content (AvgIpc) is 2.32. The van der Waals surface area contributed by atoms with E-state index in [-0.39, 0.29) is 5.54 Å². The molecule has 0 bridgehead atoms. The molecule has 0 rings (SSSR count). The van der Waals surface area contributed by atoms with Crippen LogP contribution in [0.25, 0.3) is 0 Å². The first-order valence-corrected chi connectivity index (χ1v) is 6.97. The van der Waals surface area contributed by atoms with Crippen molar-refractivity contribution in [3.63, 3.8) is 0 Å². The summed E-state index contributed by atoms with van der Waals surface area (Å²) in [6.07, 6.45) is 6.19. The fourth-order valence-electron chi connectivity index (χ4n) is 2.38. The number of nitrogens with two attached hydrogens (primary N) is 1. The van der Waals surface area contributed by atoms with Gasteiger partial charge < -0.3 is 5.73 Å². The van der Waals surface area contributed by atoms with Crippen molar-refractivity contribution in [3.8, 4) is 0 Å². The molecule has 16 heavy (non-hydrogen) atoms. The Morgan fingerprint density at radius 2 is 1.88 bits per heavy atom. The third-order valence-corrected chi connectivity index (χ3v) is 4.12. The predicted molar refractivity (Wildman–Crippen MR) is 73.7 cm³/mol. The second-order valence-electron chi connectivity index (χ2n) is 5.27. The minimum atomic E-state index is 0.227. The predicted octanol–water partition coefficient (Wildman–Crippen LogP) is 3.26. The Kier molecular flexibility index (Phi) is 8.04. The maximum Gasteiger partial charge on any atom is 0.0328 e. The van der Waals surface area contributed by atoms with Gasteiger partial charge in [-0.2, -0.15) is 0 Å². The van der Waals surface area contributed by atoms with Crippen molar-refractivity contribution in [2.45, 2.75) is 65.3 Å². The molecule has 2 nitrogen and oxygen atoms in total. The zero-order valence-corrected chi connectivity index (χ0v) is 12.1. The standard InChI is InChI=1S/C14H32N2/c1-6-9-10-16(5)14(8-3,12-15)11-13(4)7-2/h13H,6-12,15H2,1-5H3. The molecule has 0 fully saturated rings. The van der Waals surface area contributed by atoms with Crippen LogP contribution in [0.2, 0.25) is 0 Å². The molecule has 0 aromatic carbocycles. The Hall–Kier alpha value is -0.0800. The van der Waals surface area contributed by atoms with Crippen LogP contribution >= 0.6 is 0 Å². The van der Waals surface area contributed by atoms with Crippen molar-refractivity contribution in [2.24, 2.45) is 11.7 Å². The number of rotatable bonds is 9. The second kappa shape index (κ2) is 8.08. The maximum absolute atomic E-state index is 6.05. The van der Waals surface area contributed by atoms with E-state index in [4.69, 9.17) is 5.73 Å². The number of likely N-dealkylation sites (N-methyl/N-ethyl adjacent to an activating group) is 1. The normalized spacial score (nSPS) is 17.4. The summed E-state index contributed by atoms with van der Waals surface area (Å²) in [7, 11) is 2.24. The van der Waals surface area contributed by atoms with Gasteiger partial charge in [0.05, 0.1) is 0 Å². The van der Waals surface area contributed by atoms with Crippen LogP contribution in [0, 0.1) is 5.92 Å². The SMILES string of the molecule is CCCCN(C)C(CC)(CN)CC(C)CC. The number of nitrogens with zero attached hydrogens (tertiary/aromatic N) is 1. The van der Waals surface area contributed by atoms with Crippen molar-refractivity contribution in [1.82, 2.24) is 4.90 Å². The van der Waals surface area contributed by atoms with Crippen LogP contribution < -0.4 is 5.73 Å². The van der Waals surface area contributed by atoms with Crippen molar-refractivity contribution < 1.29 is 0 Å². The highest BCUT2D eigenvalue weighted by Crippen LogP contribution is 2.27. The molecule has 2 heteroatoms. The Bertz CT molecular complexity index is 164. The summed E-state index contributed by atoms with van der Waals surface area (Å²) < 4.78 is 0. The number of unbranched alkanes of at least 4 members (excludes halogenated alkanes) is 1. The summed E-state index contributed by atoms with van der Waals surface area (Å²) in [6.45, 7) is 11.1. The summed E-state index contributed by atoms with van der Waals surface area (Å²) in [5.41, 5.74) is 6.28. The highest BCUT2D eigenvalue weighted by Gasteiger charge is 2.32. The van der Waals surface area contributed by atoms with Crippen LogP contribution in [-0.4, -0.2) is 30.6 Å². The molecule has 0 aliphatic heterocycles. The first kappa shape index (κ1) is 15.9. The second-order valence-corrected chi connectivity index (χ2v) is 5.27. The van der Waals surface area contributed by atoms with Gasteiger partial charge in [0.25, 0.3) is 0 Å². The zero-order valence-electron chi connectivity index (χ0n) is 12.1. The fraction of sp³-hybridized carbons (Fsp3) is 1.00. The van der Waals surface area contributed by atoms with Gasteiger partial charge in [0.2, 0.25) is 0 Å². The van der Waals surface area contributed by atoms with E-state index in [0.717, 1.165) is 18.9 Å². The Balaban J connectivity index is 4.51. The number of hydrogen-bond acceptors (Lipinski definition) is 2. The van der Waals surface area contributed by atoms with Crippen LogP contribution in [0.4, 0.5) is 0 Å². The van der Waals surface area contributed by atoms with Crippen LogP contribution in [0.5, 0.6) is 0 Å². The summed E-state index contributed by atoms with van der Waals surface area (Å²) in [4.78, 5) is 2.50. The summed E-state index contributed by atoms with van der Waals surface area (Å²) in [6, 6.07) is 0. The van der Waals surface area contributed by atoms with Crippen molar-refractivity contribution in [2.75, 3.05) is 20.1 Å². The quantitative estimate of drug-likeness (QED) is 0.656. The topological polar surface area (TPSA) is 29.3 Å². The van der Waals surface area contributed by atoms with E-state index in [9.17, 15) is 0 Å². The summed E-state index contributed by atoms with van der Waals surface area (Å²) >= 11 is 0. The first-order valence-electron chi connectivity index (χ1n) is 6.97. The third kappa shape index (κ3) is 4.42. The molecule has 0 radical (unpaired) electrons. The summed E-state index contributed by atoms with van der Waals surface area (Å²) in [5, 5.41) is 0. The minimum absolute atomic E-state index is 0.227. The molecule has 0 spiro atoms. The van der Waals surface area contributed by atoms with Gasteiger partial charge in [0.15, 0.2) is 0 Å². The lowest BCUT2D eigenvalue weighted by Gasteiger charge is -2.42. The molecular weight excluding hydrogens is 196 g/mol. The number of hydrogen-bond donors (Lipinski definition) is 1. The lowest BCUT2D eigenvalue weighted by atomic mass is 9.83. The molecule has 0 amide bonds. The fourth-order valence-corrected chi connectivity index (χ4v) is 2.38. The van der Waals surface area contributed by atoms with Crippen molar-refractivity contribution in [3.05, 3.63) is 0 Å². The molecule has 0 aromatic heterocycles. The summed E-state index contributed by atoms with van der Waals surface area (Å²) in [5.74, 6) is 0.771. The largest absolute Gasteiger partial charge is 0.329 e.